The normalized spacial score (nSPS) is 10.6. The van der Waals surface area contributed by atoms with Gasteiger partial charge in [0.15, 0.2) is 0 Å². The molecule has 0 aliphatic rings. The molecule has 0 aliphatic carbocycles. The van der Waals surface area contributed by atoms with Crippen LogP contribution in [0.5, 0.6) is 0 Å². The van der Waals surface area contributed by atoms with Crippen LogP contribution >= 0.6 is 11.8 Å². The summed E-state index contributed by atoms with van der Waals surface area (Å²) in [7, 11) is 0. The van der Waals surface area contributed by atoms with E-state index in [0.29, 0.717) is 22.6 Å². The van der Waals surface area contributed by atoms with Gasteiger partial charge in [0, 0.05) is 12.6 Å². The van der Waals surface area contributed by atoms with Gasteiger partial charge in [-0.05, 0) is 32.0 Å². The smallest absolute Gasteiger partial charge is 0.275 e. The van der Waals surface area contributed by atoms with Crippen LogP contribution in [0.4, 0.5) is 11.5 Å². The molecule has 2 heterocycles. The van der Waals surface area contributed by atoms with E-state index in [-0.39, 0.29) is 5.69 Å². The van der Waals surface area contributed by atoms with Crippen molar-refractivity contribution >= 4 is 23.3 Å². The van der Waals surface area contributed by atoms with E-state index in [1.165, 1.54) is 23.9 Å². The molecule has 0 aliphatic heterocycles. The Morgan fingerprint density at radius 1 is 1.38 bits per heavy atom. The Labute approximate surface area is 126 Å². The standard InChI is InChI=1S/C13H16N4O3S/c1-4-5-14-11-6-10(17(18)19)7-12(16-11)21-13-15-8(2)9(3)20-13/h6-7H,4-5H2,1-3H3,(H,14,16). The minimum atomic E-state index is -0.436. The van der Waals surface area contributed by atoms with Gasteiger partial charge in [-0.2, -0.15) is 0 Å². The minimum Gasteiger partial charge on any atom is -0.436 e. The minimum absolute atomic E-state index is 0.00824. The lowest BCUT2D eigenvalue weighted by molar-refractivity contribution is -0.385. The number of pyridine rings is 1. The summed E-state index contributed by atoms with van der Waals surface area (Å²) in [6.45, 7) is 6.38. The van der Waals surface area contributed by atoms with E-state index in [1.54, 1.807) is 0 Å². The summed E-state index contributed by atoms with van der Waals surface area (Å²) in [6, 6.07) is 2.84. The summed E-state index contributed by atoms with van der Waals surface area (Å²) in [4.78, 5) is 19.1. The Morgan fingerprint density at radius 3 is 2.71 bits per heavy atom. The maximum atomic E-state index is 11.0. The summed E-state index contributed by atoms with van der Waals surface area (Å²) in [6.07, 6.45) is 0.908. The van der Waals surface area contributed by atoms with E-state index in [0.717, 1.165) is 17.9 Å². The number of nitrogens with one attached hydrogen (secondary N) is 1. The first-order valence-electron chi connectivity index (χ1n) is 6.52. The molecule has 1 N–H and O–H groups in total. The van der Waals surface area contributed by atoms with Crippen LogP contribution in [0, 0.1) is 24.0 Å². The van der Waals surface area contributed by atoms with Gasteiger partial charge in [-0.15, -0.1) is 0 Å². The van der Waals surface area contributed by atoms with Crippen molar-refractivity contribution in [3.05, 3.63) is 33.7 Å². The molecule has 0 unspecified atom stereocenters. The van der Waals surface area contributed by atoms with Gasteiger partial charge in [-0.3, -0.25) is 10.1 Å². The van der Waals surface area contributed by atoms with Crippen LogP contribution in [-0.4, -0.2) is 21.4 Å². The van der Waals surface area contributed by atoms with Gasteiger partial charge in [-0.25, -0.2) is 9.97 Å². The van der Waals surface area contributed by atoms with E-state index in [4.69, 9.17) is 4.42 Å². The number of hydrogen-bond donors (Lipinski definition) is 1. The van der Waals surface area contributed by atoms with Gasteiger partial charge < -0.3 is 9.73 Å². The molecule has 0 fully saturated rings. The highest BCUT2D eigenvalue weighted by atomic mass is 32.2. The molecule has 0 bridgehead atoms. The number of hydrogen-bond acceptors (Lipinski definition) is 7. The summed E-state index contributed by atoms with van der Waals surface area (Å²) >= 11 is 1.17. The van der Waals surface area contributed by atoms with Crippen LogP contribution < -0.4 is 5.32 Å². The topological polar surface area (TPSA) is 94.1 Å². The number of aromatic nitrogens is 2. The first-order chi connectivity index (χ1) is 9.99. The fourth-order valence-corrected chi connectivity index (χ4v) is 2.42. The second-order valence-electron chi connectivity index (χ2n) is 4.46. The molecule has 0 atom stereocenters. The molecular weight excluding hydrogens is 292 g/mol. The zero-order chi connectivity index (χ0) is 15.4. The summed E-state index contributed by atoms with van der Waals surface area (Å²) in [5.74, 6) is 1.21. The van der Waals surface area contributed by atoms with Crippen molar-refractivity contribution in [2.24, 2.45) is 0 Å². The Bertz CT molecular complexity index is 637. The van der Waals surface area contributed by atoms with Crippen molar-refractivity contribution in [1.29, 1.82) is 0 Å². The number of oxazole rings is 1. The molecule has 2 aromatic rings. The van der Waals surface area contributed by atoms with Crippen LogP contribution in [0.2, 0.25) is 0 Å². The second-order valence-corrected chi connectivity index (χ2v) is 5.43. The Balaban J connectivity index is 2.28. The molecule has 0 saturated carbocycles. The lowest BCUT2D eigenvalue weighted by atomic mass is 10.4. The largest absolute Gasteiger partial charge is 0.436 e. The average molecular weight is 308 g/mol. The predicted octanol–water partition coefficient (Wildman–Crippen LogP) is 3.57. The van der Waals surface area contributed by atoms with Crippen molar-refractivity contribution in [1.82, 2.24) is 9.97 Å². The maximum absolute atomic E-state index is 11.0. The first-order valence-corrected chi connectivity index (χ1v) is 7.33. The monoisotopic (exact) mass is 308 g/mol. The Kier molecular flexibility index (Phi) is 4.79. The molecule has 2 aromatic heterocycles. The van der Waals surface area contributed by atoms with E-state index in [1.807, 2.05) is 20.8 Å². The number of nitrogens with zero attached hydrogens (tertiary/aromatic N) is 3. The number of aryl methyl sites for hydroxylation is 2. The zero-order valence-electron chi connectivity index (χ0n) is 12.0. The first kappa shape index (κ1) is 15.3. The van der Waals surface area contributed by atoms with Gasteiger partial charge >= 0.3 is 0 Å². The number of rotatable bonds is 6. The quantitative estimate of drug-likeness (QED) is 0.644. The molecule has 2 rings (SSSR count). The van der Waals surface area contributed by atoms with E-state index < -0.39 is 4.92 Å². The lowest BCUT2D eigenvalue weighted by Crippen LogP contribution is -2.03. The predicted molar refractivity (Wildman–Crippen MR) is 79.8 cm³/mol. The van der Waals surface area contributed by atoms with Crippen LogP contribution in [0.3, 0.4) is 0 Å². The van der Waals surface area contributed by atoms with Crippen molar-refractivity contribution < 1.29 is 9.34 Å². The van der Waals surface area contributed by atoms with Crippen LogP contribution in [0.1, 0.15) is 24.8 Å². The van der Waals surface area contributed by atoms with Crippen LogP contribution in [0.25, 0.3) is 0 Å². The Hall–Kier alpha value is -2.09. The SMILES string of the molecule is CCCNc1cc([N+](=O)[O-])cc(Sc2nc(C)c(C)o2)n1. The molecule has 112 valence electrons. The molecule has 8 heteroatoms. The summed E-state index contributed by atoms with van der Waals surface area (Å²) < 4.78 is 5.46. The lowest BCUT2D eigenvalue weighted by Gasteiger charge is -2.05. The molecule has 21 heavy (non-hydrogen) atoms. The highest BCUT2D eigenvalue weighted by molar-refractivity contribution is 7.99. The van der Waals surface area contributed by atoms with Gasteiger partial charge in [0.25, 0.3) is 10.9 Å². The van der Waals surface area contributed by atoms with Crippen LogP contribution in [0.15, 0.2) is 26.8 Å². The summed E-state index contributed by atoms with van der Waals surface area (Å²) in [5, 5.41) is 14.9. The van der Waals surface area contributed by atoms with Crippen LogP contribution in [-0.2, 0) is 0 Å². The van der Waals surface area contributed by atoms with Gasteiger partial charge in [-0.1, -0.05) is 6.92 Å². The molecule has 0 spiro atoms. The van der Waals surface area contributed by atoms with Gasteiger partial charge in [0.05, 0.1) is 16.7 Å². The molecule has 0 aromatic carbocycles. The highest BCUT2D eigenvalue weighted by Crippen LogP contribution is 2.30. The maximum Gasteiger partial charge on any atom is 0.275 e. The molecule has 0 radical (unpaired) electrons. The van der Waals surface area contributed by atoms with Gasteiger partial charge in [0.2, 0.25) is 0 Å². The second kappa shape index (κ2) is 6.57. The highest BCUT2D eigenvalue weighted by Gasteiger charge is 2.14. The van der Waals surface area contributed by atoms with E-state index in [2.05, 4.69) is 15.3 Å². The van der Waals surface area contributed by atoms with Crippen molar-refractivity contribution in [3.63, 3.8) is 0 Å². The molecule has 0 amide bonds. The molecular formula is C13H16N4O3S. The molecule has 7 nitrogen and oxygen atoms in total. The zero-order valence-corrected chi connectivity index (χ0v) is 12.9. The van der Waals surface area contributed by atoms with Crippen molar-refractivity contribution in [2.45, 2.75) is 37.4 Å². The van der Waals surface area contributed by atoms with Gasteiger partial charge in [0.1, 0.15) is 16.6 Å². The Morgan fingerprint density at radius 2 is 2.14 bits per heavy atom. The fourth-order valence-electron chi connectivity index (χ4n) is 1.57. The molecule has 0 saturated heterocycles. The number of nitro groups is 1. The number of anilines is 1. The fraction of sp³-hybridized carbons (Fsp3) is 0.385. The third-order valence-corrected chi connectivity index (χ3v) is 3.52. The average Bonchev–Trinajstić information content (AvgIpc) is 2.74. The van der Waals surface area contributed by atoms with E-state index >= 15 is 0 Å². The summed E-state index contributed by atoms with van der Waals surface area (Å²) in [5.41, 5.74) is 0.790. The van der Waals surface area contributed by atoms with Crippen molar-refractivity contribution in [3.8, 4) is 0 Å². The third kappa shape index (κ3) is 3.94. The van der Waals surface area contributed by atoms with E-state index in [9.17, 15) is 10.1 Å². The third-order valence-electron chi connectivity index (χ3n) is 2.75. The van der Waals surface area contributed by atoms with Crippen molar-refractivity contribution in [2.75, 3.05) is 11.9 Å².